The lowest BCUT2D eigenvalue weighted by Crippen LogP contribution is -2.29. The number of carbonyl (C=O) groups excluding carboxylic acids is 2. The fourth-order valence-electron chi connectivity index (χ4n) is 4.69. The minimum atomic E-state index is -0.815. The summed E-state index contributed by atoms with van der Waals surface area (Å²) in [7, 11) is 1.58. The molecule has 1 amide bonds. The van der Waals surface area contributed by atoms with Gasteiger partial charge in [-0.3, -0.25) is 9.59 Å². The van der Waals surface area contributed by atoms with Crippen molar-refractivity contribution in [2.75, 3.05) is 13.7 Å². The van der Waals surface area contributed by atoms with Gasteiger partial charge in [0.25, 0.3) is 11.7 Å². The van der Waals surface area contributed by atoms with Gasteiger partial charge in [0.1, 0.15) is 17.3 Å². The van der Waals surface area contributed by atoms with Crippen LogP contribution >= 0.6 is 11.6 Å². The number of para-hydroxylation sites is 1. The van der Waals surface area contributed by atoms with E-state index in [9.17, 15) is 14.7 Å². The van der Waals surface area contributed by atoms with E-state index in [0.29, 0.717) is 34.3 Å². The zero-order valence-electron chi connectivity index (χ0n) is 20.3. The molecule has 0 spiro atoms. The number of ketones is 1. The molecule has 5 rings (SSSR count). The molecule has 2 N–H and O–H groups in total. The molecule has 1 fully saturated rings. The summed E-state index contributed by atoms with van der Waals surface area (Å²) in [6.07, 6.45) is 1.78. The number of amides is 1. The first-order valence-electron chi connectivity index (χ1n) is 11.8. The first-order chi connectivity index (χ1) is 17.9. The molecule has 0 saturated carbocycles. The highest BCUT2D eigenvalue weighted by Crippen LogP contribution is 2.43. The monoisotopic (exact) mass is 516 g/mol. The Bertz CT molecular complexity index is 1520. The van der Waals surface area contributed by atoms with Crippen molar-refractivity contribution in [1.29, 1.82) is 0 Å². The van der Waals surface area contributed by atoms with Crippen molar-refractivity contribution in [3.8, 4) is 11.5 Å². The molecule has 7 nitrogen and oxygen atoms in total. The Morgan fingerprint density at radius 2 is 1.84 bits per heavy atom. The second-order valence-electron chi connectivity index (χ2n) is 8.64. The Hall–Kier alpha value is -4.23. The van der Waals surface area contributed by atoms with Crippen LogP contribution in [0.5, 0.6) is 11.5 Å². The van der Waals surface area contributed by atoms with Crippen LogP contribution in [-0.2, 0) is 16.1 Å². The maximum atomic E-state index is 13.4. The number of ether oxygens (including phenoxy) is 2. The van der Waals surface area contributed by atoms with Crippen molar-refractivity contribution < 1.29 is 24.2 Å². The SMILES string of the molecule is CCOc1cc(/C(O)=C2\C(=O)C(=O)N(Cc3ccc(OC)cc3)C2c2c[nH]c3ccccc23)ccc1Cl. The van der Waals surface area contributed by atoms with E-state index < -0.39 is 17.7 Å². The average molecular weight is 517 g/mol. The van der Waals surface area contributed by atoms with Gasteiger partial charge < -0.3 is 24.5 Å². The maximum absolute atomic E-state index is 13.4. The quantitative estimate of drug-likeness (QED) is 0.183. The summed E-state index contributed by atoms with van der Waals surface area (Å²) >= 11 is 6.24. The molecule has 1 aliphatic rings. The van der Waals surface area contributed by atoms with E-state index in [2.05, 4.69) is 4.98 Å². The van der Waals surface area contributed by atoms with Crippen molar-refractivity contribution in [2.24, 2.45) is 0 Å². The van der Waals surface area contributed by atoms with Gasteiger partial charge in [-0.05, 0) is 48.9 Å². The largest absolute Gasteiger partial charge is 0.507 e. The molecule has 2 heterocycles. The number of hydrogen-bond acceptors (Lipinski definition) is 5. The smallest absolute Gasteiger partial charge is 0.295 e. The van der Waals surface area contributed by atoms with E-state index in [4.69, 9.17) is 21.1 Å². The number of hydrogen-bond donors (Lipinski definition) is 2. The number of rotatable bonds is 7. The number of nitrogens with one attached hydrogen (secondary N) is 1. The Kier molecular flexibility index (Phi) is 6.63. The molecular weight excluding hydrogens is 492 g/mol. The third kappa shape index (κ3) is 4.42. The number of methoxy groups -OCH3 is 1. The molecule has 0 aliphatic carbocycles. The molecule has 0 bridgehead atoms. The highest BCUT2D eigenvalue weighted by atomic mass is 35.5. The molecule has 37 heavy (non-hydrogen) atoms. The predicted octanol–water partition coefficient (Wildman–Crippen LogP) is 5.85. The molecule has 0 radical (unpaired) electrons. The summed E-state index contributed by atoms with van der Waals surface area (Å²) in [5, 5.41) is 12.7. The molecule has 1 aromatic heterocycles. The summed E-state index contributed by atoms with van der Waals surface area (Å²) in [5.41, 5.74) is 2.73. The summed E-state index contributed by atoms with van der Waals surface area (Å²) in [4.78, 5) is 31.5. The lowest BCUT2D eigenvalue weighted by Gasteiger charge is -2.25. The number of fused-ring (bicyclic) bond motifs is 1. The second kappa shape index (κ2) is 10.0. The third-order valence-electron chi connectivity index (χ3n) is 6.47. The fraction of sp³-hybridized carbons (Fsp3) is 0.172. The van der Waals surface area contributed by atoms with E-state index in [1.165, 1.54) is 4.90 Å². The Balaban J connectivity index is 1.67. The molecule has 1 unspecified atom stereocenters. The van der Waals surface area contributed by atoms with E-state index in [-0.39, 0.29) is 17.9 Å². The number of nitrogens with zero attached hydrogens (tertiary/aromatic N) is 1. The first-order valence-corrected chi connectivity index (χ1v) is 12.2. The second-order valence-corrected chi connectivity index (χ2v) is 9.05. The number of likely N-dealkylation sites (tertiary alicyclic amines) is 1. The summed E-state index contributed by atoms with van der Waals surface area (Å²) in [6.45, 7) is 2.37. The Labute approximate surface area is 218 Å². The molecule has 188 valence electrons. The van der Waals surface area contributed by atoms with Gasteiger partial charge in [-0.1, -0.05) is 41.9 Å². The van der Waals surface area contributed by atoms with Gasteiger partial charge in [-0.2, -0.15) is 0 Å². The molecular formula is C29H25ClN2O5. The number of aromatic nitrogens is 1. The zero-order chi connectivity index (χ0) is 26.1. The maximum Gasteiger partial charge on any atom is 0.295 e. The number of halogens is 1. The standard InChI is InChI=1S/C29H25ClN2O5/c1-3-37-24-14-18(10-13-22(24)30)27(33)25-26(21-15-31-23-7-5-4-6-20(21)23)32(29(35)28(25)34)16-17-8-11-19(36-2)12-9-17/h4-15,26,31,33H,3,16H2,1-2H3/b27-25+. The Morgan fingerprint density at radius 3 is 2.57 bits per heavy atom. The van der Waals surface area contributed by atoms with Crippen LogP contribution in [0.2, 0.25) is 5.02 Å². The molecule has 1 atom stereocenters. The molecule has 8 heteroatoms. The topological polar surface area (TPSA) is 91.9 Å². The van der Waals surface area contributed by atoms with Crippen LogP contribution < -0.4 is 9.47 Å². The van der Waals surface area contributed by atoms with Gasteiger partial charge in [0.15, 0.2) is 0 Å². The number of aromatic amines is 1. The average Bonchev–Trinajstić information content (AvgIpc) is 3.44. The van der Waals surface area contributed by atoms with Crippen LogP contribution in [0.15, 0.2) is 78.5 Å². The van der Waals surface area contributed by atoms with Gasteiger partial charge in [0.2, 0.25) is 0 Å². The summed E-state index contributed by atoms with van der Waals surface area (Å²) in [6, 6.07) is 18.9. The lowest BCUT2D eigenvalue weighted by atomic mass is 9.94. The van der Waals surface area contributed by atoms with Gasteiger partial charge >= 0.3 is 0 Å². The molecule has 4 aromatic rings. The number of benzene rings is 3. The predicted molar refractivity (Wildman–Crippen MR) is 142 cm³/mol. The van der Waals surface area contributed by atoms with Crippen LogP contribution in [-0.4, -0.2) is 40.4 Å². The zero-order valence-corrected chi connectivity index (χ0v) is 21.1. The van der Waals surface area contributed by atoms with Crippen LogP contribution in [0.25, 0.3) is 16.7 Å². The van der Waals surface area contributed by atoms with Crippen LogP contribution in [0.1, 0.15) is 29.7 Å². The fourth-order valence-corrected chi connectivity index (χ4v) is 4.86. The van der Waals surface area contributed by atoms with Crippen molar-refractivity contribution in [3.05, 3.63) is 100 Å². The van der Waals surface area contributed by atoms with E-state index in [1.54, 1.807) is 43.6 Å². The van der Waals surface area contributed by atoms with Gasteiger partial charge in [-0.15, -0.1) is 0 Å². The van der Waals surface area contributed by atoms with E-state index in [1.807, 2.05) is 43.3 Å². The number of carbonyl (C=O) groups is 2. The molecule has 1 aliphatic heterocycles. The van der Waals surface area contributed by atoms with Gasteiger partial charge in [0.05, 0.1) is 30.4 Å². The number of aliphatic hydroxyl groups is 1. The van der Waals surface area contributed by atoms with Crippen molar-refractivity contribution >= 4 is 40.0 Å². The van der Waals surface area contributed by atoms with Gasteiger partial charge in [0, 0.05) is 34.8 Å². The van der Waals surface area contributed by atoms with E-state index in [0.717, 1.165) is 16.5 Å². The lowest BCUT2D eigenvalue weighted by molar-refractivity contribution is -0.140. The highest BCUT2D eigenvalue weighted by molar-refractivity contribution is 6.46. The van der Waals surface area contributed by atoms with Crippen molar-refractivity contribution in [1.82, 2.24) is 9.88 Å². The Morgan fingerprint density at radius 1 is 1.08 bits per heavy atom. The van der Waals surface area contributed by atoms with Gasteiger partial charge in [-0.25, -0.2) is 0 Å². The van der Waals surface area contributed by atoms with Crippen molar-refractivity contribution in [2.45, 2.75) is 19.5 Å². The minimum Gasteiger partial charge on any atom is -0.507 e. The van der Waals surface area contributed by atoms with Crippen molar-refractivity contribution in [3.63, 3.8) is 0 Å². The van der Waals surface area contributed by atoms with Crippen LogP contribution in [0.4, 0.5) is 0 Å². The molecule has 1 saturated heterocycles. The summed E-state index contributed by atoms with van der Waals surface area (Å²) in [5.74, 6) is -0.666. The number of Topliss-reactive ketones (excluding diaryl/α,β-unsaturated/α-hetero) is 1. The third-order valence-corrected chi connectivity index (χ3v) is 6.78. The number of aliphatic hydroxyl groups excluding tert-OH is 1. The van der Waals surface area contributed by atoms with Crippen LogP contribution in [0, 0.1) is 0 Å². The highest BCUT2D eigenvalue weighted by Gasteiger charge is 2.46. The molecule has 3 aromatic carbocycles. The van der Waals surface area contributed by atoms with Crippen LogP contribution in [0.3, 0.4) is 0 Å². The first kappa shape index (κ1) is 24.5. The number of H-pyrrole nitrogens is 1. The van der Waals surface area contributed by atoms with E-state index >= 15 is 0 Å². The normalized spacial score (nSPS) is 16.9. The minimum absolute atomic E-state index is 0.00744. The summed E-state index contributed by atoms with van der Waals surface area (Å²) < 4.78 is 10.8.